The van der Waals surface area contributed by atoms with Gasteiger partial charge in [-0.3, -0.25) is 4.90 Å². The van der Waals surface area contributed by atoms with Gasteiger partial charge in [-0.1, -0.05) is 6.07 Å². The molecule has 0 saturated carbocycles. The van der Waals surface area contributed by atoms with Crippen molar-refractivity contribution < 1.29 is 9.52 Å². The Morgan fingerprint density at radius 1 is 1.50 bits per heavy atom. The second kappa shape index (κ2) is 5.17. The van der Waals surface area contributed by atoms with Crippen molar-refractivity contribution in [3.63, 3.8) is 0 Å². The minimum atomic E-state index is 0.200. The van der Waals surface area contributed by atoms with E-state index in [1.165, 1.54) is 0 Å². The zero-order valence-electron chi connectivity index (χ0n) is 9.95. The van der Waals surface area contributed by atoms with Crippen molar-refractivity contribution >= 4 is 11.3 Å². The number of thiophene rings is 1. The Kier molecular flexibility index (Phi) is 3.40. The standard InChI is InChI=1S/C12H15N3O2S/c16-8-9-3-1-5-15(9)7-11-13-14-12(17-11)10-4-2-6-18-10/h2,4,6,9,16H,1,3,5,7-8H2. The van der Waals surface area contributed by atoms with E-state index in [4.69, 9.17) is 4.42 Å². The Balaban J connectivity index is 1.70. The molecule has 0 aromatic carbocycles. The van der Waals surface area contributed by atoms with E-state index in [-0.39, 0.29) is 12.6 Å². The monoisotopic (exact) mass is 265 g/mol. The lowest BCUT2D eigenvalue weighted by atomic mass is 10.2. The fourth-order valence-corrected chi connectivity index (χ4v) is 2.95. The van der Waals surface area contributed by atoms with E-state index in [1.807, 2.05) is 17.5 Å². The number of hydrogen-bond donors (Lipinski definition) is 1. The Morgan fingerprint density at radius 3 is 3.22 bits per heavy atom. The highest BCUT2D eigenvalue weighted by molar-refractivity contribution is 7.13. The first kappa shape index (κ1) is 11.8. The largest absolute Gasteiger partial charge is 0.419 e. The lowest BCUT2D eigenvalue weighted by molar-refractivity contribution is 0.144. The molecule has 2 aromatic heterocycles. The predicted octanol–water partition coefficient (Wildman–Crippen LogP) is 1.75. The molecule has 3 heterocycles. The molecule has 0 bridgehead atoms. The van der Waals surface area contributed by atoms with E-state index in [0.717, 1.165) is 24.3 Å². The van der Waals surface area contributed by atoms with Crippen LogP contribution in [0.4, 0.5) is 0 Å². The summed E-state index contributed by atoms with van der Waals surface area (Å²) in [5, 5.41) is 19.4. The average molecular weight is 265 g/mol. The van der Waals surface area contributed by atoms with E-state index in [2.05, 4.69) is 15.1 Å². The lowest BCUT2D eigenvalue weighted by Crippen LogP contribution is -2.31. The lowest BCUT2D eigenvalue weighted by Gasteiger charge is -2.20. The molecule has 1 atom stereocenters. The van der Waals surface area contributed by atoms with Gasteiger partial charge in [0.2, 0.25) is 5.89 Å². The number of rotatable bonds is 4. The van der Waals surface area contributed by atoms with Crippen molar-refractivity contribution in [3.05, 3.63) is 23.4 Å². The molecular formula is C12H15N3O2S. The summed E-state index contributed by atoms with van der Waals surface area (Å²) < 4.78 is 5.65. The fraction of sp³-hybridized carbons (Fsp3) is 0.500. The summed E-state index contributed by atoms with van der Waals surface area (Å²) in [7, 11) is 0. The van der Waals surface area contributed by atoms with Crippen LogP contribution in [0.25, 0.3) is 10.8 Å². The van der Waals surface area contributed by atoms with E-state index >= 15 is 0 Å². The molecule has 18 heavy (non-hydrogen) atoms. The van der Waals surface area contributed by atoms with Crippen LogP contribution >= 0.6 is 11.3 Å². The smallest absolute Gasteiger partial charge is 0.257 e. The van der Waals surface area contributed by atoms with Gasteiger partial charge in [0.25, 0.3) is 5.89 Å². The minimum Gasteiger partial charge on any atom is -0.419 e. The fourth-order valence-electron chi connectivity index (χ4n) is 2.30. The van der Waals surface area contributed by atoms with E-state index in [9.17, 15) is 5.11 Å². The number of nitrogens with zero attached hydrogens (tertiary/aromatic N) is 3. The minimum absolute atomic E-state index is 0.200. The molecule has 0 amide bonds. The molecular weight excluding hydrogens is 250 g/mol. The van der Waals surface area contributed by atoms with Crippen molar-refractivity contribution in [2.75, 3.05) is 13.2 Å². The molecule has 6 heteroatoms. The summed E-state index contributed by atoms with van der Waals surface area (Å²) in [4.78, 5) is 3.19. The predicted molar refractivity (Wildman–Crippen MR) is 68.1 cm³/mol. The van der Waals surface area contributed by atoms with Crippen LogP contribution in [0.15, 0.2) is 21.9 Å². The van der Waals surface area contributed by atoms with Gasteiger partial charge >= 0.3 is 0 Å². The molecule has 1 aliphatic rings. The van der Waals surface area contributed by atoms with Crippen LogP contribution in [0, 0.1) is 0 Å². The first-order valence-electron chi connectivity index (χ1n) is 6.08. The van der Waals surface area contributed by atoms with Gasteiger partial charge in [0, 0.05) is 6.04 Å². The number of hydrogen-bond acceptors (Lipinski definition) is 6. The van der Waals surface area contributed by atoms with Crippen molar-refractivity contribution in [1.82, 2.24) is 15.1 Å². The van der Waals surface area contributed by atoms with Crippen LogP contribution in [0.3, 0.4) is 0 Å². The number of likely N-dealkylation sites (tertiary alicyclic amines) is 1. The Hall–Kier alpha value is -1.24. The molecule has 0 radical (unpaired) electrons. The third kappa shape index (κ3) is 2.31. The molecule has 1 unspecified atom stereocenters. The molecule has 1 fully saturated rings. The van der Waals surface area contributed by atoms with Gasteiger partial charge in [-0.25, -0.2) is 0 Å². The van der Waals surface area contributed by atoms with Crippen LogP contribution in [0.1, 0.15) is 18.7 Å². The van der Waals surface area contributed by atoms with Crippen LogP contribution in [0.5, 0.6) is 0 Å². The van der Waals surface area contributed by atoms with Crippen molar-refractivity contribution in [1.29, 1.82) is 0 Å². The van der Waals surface area contributed by atoms with E-state index < -0.39 is 0 Å². The van der Waals surface area contributed by atoms with Crippen molar-refractivity contribution in [2.45, 2.75) is 25.4 Å². The van der Waals surface area contributed by atoms with E-state index in [1.54, 1.807) is 11.3 Å². The second-order valence-corrected chi connectivity index (χ2v) is 5.38. The molecule has 3 rings (SSSR count). The zero-order chi connectivity index (χ0) is 12.4. The van der Waals surface area contributed by atoms with Crippen LogP contribution in [-0.4, -0.2) is 39.4 Å². The number of aromatic nitrogens is 2. The number of aliphatic hydroxyl groups is 1. The van der Waals surface area contributed by atoms with Gasteiger partial charge in [0.05, 0.1) is 18.0 Å². The first-order valence-corrected chi connectivity index (χ1v) is 6.96. The van der Waals surface area contributed by atoms with Crippen LogP contribution in [-0.2, 0) is 6.54 Å². The highest BCUT2D eigenvalue weighted by Gasteiger charge is 2.25. The maximum atomic E-state index is 9.26. The SMILES string of the molecule is OCC1CCCN1Cc1nnc(-c2cccs2)o1. The summed E-state index contributed by atoms with van der Waals surface area (Å²) >= 11 is 1.59. The molecule has 1 N–H and O–H groups in total. The zero-order valence-corrected chi connectivity index (χ0v) is 10.8. The highest BCUT2D eigenvalue weighted by atomic mass is 32.1. The Labute approximate surface area is 109 Å². The Bertz CT molecular complexity index is 497. The summed E-state index contributed by atoms with van der Waals surface area (Å²) in [6.45, 7) is 1.82. The third-order valence-corrected chi connectivity index (χ3v) is 4.10. The van der Waals surface area contributed by atoms with E-state index in [0.29, 0.717) is 18.3 Å². The summed E-state index contributed by atoms with van der Waals surface area (Å²) in [6.07, 6.45) is 2.17. The van der Waals surface area contributed by atoms with Gasteiger partial charge in [-0.15, -0.1) is 21.5 Å². The van der Waals surface area contributed by atoms with Crippen LogP contribution in [0.2, 0.25) is 0 Å². The molecule has 0 aliphatic carbocycles. The Morgan fingerprint density at radius 2 is 2.44 bits per heavy atom. The van der Waals surface area contributed by atoms with Crippen molar-refractivity contribution in [3.8, 4) is 10.8 Å². The normalized spacial score (nSPS) is 20.6. The maximum absolute atomic E-state index is 9.26. The molecule has 1 saturated heterocycles. The average Bonchev–Trinajstić information content (AvgIpc) is 3.10. The quantitative estimate of drug-likeness (QED) is 0.912. The van der Waals surface area contributed by atoms with Crippen LogP contribution < -0.4 is 0 Å². The van der Waals surface area contributed by atoms with Gasteiger partial charge in [-0.05, 0) is 30.8 Å². The maximum Gasteiger partial charge on any atom is 0.257 e. The summed E-state index contributed by atoms with van der Waals surface area (Å²) in [5.74, 6) is 1.21. The van der Waals surface area contributed by atoms with Gasteiger partial charge in [-0.2, -0.15) is 0 Å². The first-order chi connectivity index (χ1) is 8.86. The van der Waals surface area contributed by atoms with Gasteiger partial charge in [0.15, 0.2) is 0 Å². The molecule has 2 aromatic rings. The van der Waals surface area contributed by atoms with Crippen molar-refractivity contribution in [2.24, 2.45) is 0 Å². The van der Waals surface area contributed by atoms with Gasteiger partial charge in [0.1, 0.15) is 0 Å². The topological polar surface area (TPSA) is 62.4 Å². The number of aliphatic hydroxyl groups excluding tert-OH is 1. The summed E-state index contributed by atoms with van der Waals surface area (Å²) in [6, 6.07) is 4.17. The van der Waals surface area contributed by atoms with Gasteiger partial charge < -0.3 is 9.52 Å². The highest BCUT2D eigenvalue weighted by Crippen LogP contribution is 2.24. The molecule has 96 valence electrons. The molecule has 5 nitrogen and oxygen atoms in total. The second-order valence-electron chi connectivity index (χ2n) is 4.43. The molecule has 0 spiro atoms. The third-order valence-electron chi connectivity index (χ3n) is 3.25. The summed E-state index contributed by atoms with van der Waals surface area (Å²) in [5.41, 5.74) is 0. The molecule has 1 aliphatic heterocycles.